The number of aromatic nitrogens is 3. The van der Waals surface area contributed by atoms with Crippen molar-refractivity contribution in [1.29, 1.82) is 0 Å². The third kappa shape index (κ3) is 4.20. The van der Waals surface area contributed by atoms with Crippen molar-refractivity contribution in [3.8, 4) is 0 Å². The highest BCUT2D eigenvalue weighted by Gasteiger charge is 2.32. The number of halogens is 3. The van der Waals surface area contributed by atoms with E-state index in [2.05, 4.69) is 30.6 Å². The quantitative estimate of drug-likeness (QED) is 0.581. The maximum absolute atomic E-state index is 13.0. The van der Waals surface area contributed by atoms with Crippen molar-refractivity contribution in [3.63, 3.8) is 0 Å². The number of amides is 1. The van der Waals surface area contributed by atoms with Gasteiger partial charge >= 0.3 is 6.18 Å². The Balaban J connectivity index is 1.44. The van der Waals surface area contributed by atoms with Gasteiger partial charge in [0.25, 0.3) is 5.91 Å². The molecule has 3 aromatic rings. The number of aryl methyl sites for hydroxylation is 1. The van der Waals surface area contributed by atoms with Crippen LogP contribution in [0.5, 0.6) is 0 Å². The number of nitrogens with zero attached hydrogens (tertiary/aromatic N) is 5. The zero-order valence-corrected chi connectivity index (χ0v) is 18.8. The van der Waals surface area contributed by atoms with Crippen molar-refractivity contribution in [3.05, 3.63) is 70.5 Å². The van der Waals surface area contributed by atoms with E-state index in [-0.39, 0.29) is 5.82 Å². The Hall–Kier alpha value is -4.28. The third-order valence-electron chi connectivity index (χ3n) is 5.76. The monoisotopic (exact) mass is 479 g/mol. The number of carbonyl (C=O) groups is 1. The minimum absolute atomic E-state index is 0.171. The number of carbonyl (C=O) groups excluding carboxylic acids is 1. The lowest BCUT2D eigenvalue weighted by molar-refractivity contribution is -0.137. The molecule has 2 aliphatic heterocycles. The van der Waals surface area contributed by atoms with Crippen LogP contribution in [-0.2, 0) is 6.18 Å². The minimum Gasteiger partial charge on any atom is -0.357 e. The fraction of sp³-hybridized carbons (Fsp3) is 0.208. The van der Waals surface area contributed by atoms with E-state index in [1.807, 2.05) is 24.0 Å². The molecule has 1 amide bonds. The predicted molar refractivity (Wildman–Crippen MR) is 127 cm³/mol. The maximum Gasteiger partial charge on any atom is 0.416 e. The molecule has 0 saturated carbocycles. The second-order valence-electron chi connectivity index (χ2n) is 8.05. The number of rotatable bonds is 4. The summed E-state index contributed by atoms with van der Waals surface area (Å²) in [6.45, 7) is 3.20. The second-order valence-corrected chi connectivity index (χ2v) is 8.05. The van der Waals surface area contributed by atoms with Crippen LogP contribution in [0.1, 0.15) is 32.6 Å². The molecule has 0 radical (unpaired) electrons. The van der Waals surface area contributed by atoms with Crippen LogP contribution in [-0.4, -0.2) is 46.8 Å². The molecule has 5 rings (SSSR count). The van der Waals surface area contributed by atoms with Gasteiger partial charge in [0.05, 0.1) is 12.1 Å². The molecule has 2 aliphatic rings. The van der Waals surface area contributed by atoms with Gasteiger partial charge in [0.1, 0.15) is 17.5 Å². The van der Waals surface area contributed by atoms with Gasteiger partial charge in [0, 0.05) is 42.7 Å². The molecule has 2 aromatic heterocycles. The van der Waals surface area contributed by atoms with E-state index in [1.54, 1.807) is 25.4 Å². The van der Waals surface area contributed by atoms with Crippen molar-refractivity contribution < 1.29 is 18.0 Å². The van der Waals surface area contributed by atoms with Gasteiger partial charge in [-0.25, -0.2) is 9.97 Å². The number of amidine groups is 1. The summed E-state index contributed by atoms with van der Waals surface area (Å²) in [7, 11) is 1.76. The fourth-order valence-corrected chi connectivity index (χ4v) is 4.09. The number of fused-ring (bicyclic) bond motifs is 3. The molecule has 0 atom stereocenters. The van der Waals surface area contributed by atoms with Crippen molar-refractivity contribution >= 4 is 41.0 Å². The number of anilines is 3. The standard InChI is InChI=1S/C24H20F3N7O/c1-13-9-14(22(35)32-19-11-16(5-6-29-19)24(25,26)27)3-4-17(13)18-10-15-12-31-23(28-2)33-20(15)34-8-7-30-21(18)34/h3-6,9-12H,7-8H2,1-2H3,(H,28,31,33)(H,29,32,35). The number of hydrogen-bond donors (Lipinski definition) is 2. The van der Waals surface area contributed by atoms with E-state index in [1.165, 1.54) is 0 Å². The summed E-state index contributed by atoms with van der Waals surface area (Å²) in [5, 5.41) is 5.38. The highest BCUT2D eigenvalue weighted by Crippen LogP contribution is 2.36. The van der Waals surface area contributed by atoms with Gasteiger partial charge in [-0.2, -0.15) is 18.2 Å². The molecule has 0 aliphatic carbocycles. The molecular formula is C24H20F3N7O. The number of nitrogens with one attached hydrogen (secondary N) is 2. The maximum atomic E-state index is 13.0. The Labute approximate surface area is 198 Å². The van der Waals surface area contributed by atoms with Crippen LogP contribution in [0.15, 0.2) is 47.7 Å². The van der Waals surface area contributed by atoms with E-state index in [0.717, 1.165) is 52.2 Å². The van der Waals surface area contributed by atoms with Crippen LogP contribution in [0, 0.1) is 6.92 Å². The molecule has 11 heteroatoms. The summed E-state index contributed by atoms with van der Waals surface area (Å²) in [6, 6.07) is 6.78. The van der Waals surface area contributed by atoms with E-state index >= 15 is 0 Å². The summed E-state index contributed by atoms with van der Waals surface area (Å²) in [5.41, 5.74) is 2.86. The molecule has 0 saturated heterocycles. The Kier molecular flexibility index (Phi) is 5.46. The second kappa shape index (κ2) is 8.49. The van der Waals surface area contributed by atoms with Crippen LogP contribution >= 0.6 is 0 Å². The molecule has 4 heterocycles. The summed E-state index contributed by atoms with van der Waals surface area (Å²) >= 11 is 0. The first-order valence-corrected chi connectivity index (χ1v) is 10.8. The number of aliphatic imine (C=N–C) groups is 1. The van der Waals surface area contributed by atoms with E-state index in [9.17, 15) is 18.0 Å². The molecule has 0 fully saturated rings. The number of hydrogen-bond acceptors (Lipinski definition) is 7. The van der Waals surface area contributed by atoms with Gasteiger partial charge in [-0.3, -0.25) is 9.79 Å². The van der Waals surface area contributed by atoms with Gasteiger partial charge < -0.3 is 15.5 Å². The van der Waals surface area contributed by atoms with E-state index < -0.39 is 17.6 Å². The molecular weight excluding hydrogens is 459 g/mol. The Morgan fingerprint density at radius 3 is 2.71 bits per heavy atom. The molecule has 35 heavy (non-hydrogen) atoms. The highest BCUT2D eigenvalue weighted by atomic mass is 19.4. The summed E-state index contributed by atoms with van der Waals surface area (Å²) in [6.07, 6.45) is 0.216. The van der Waals surface area contributed by atoms with Crippen LogP contribution in [0.25, 0.3) is 11.6 Å². The molecule has 1 aromatic carbocycles. The average molecular weight is 479 g/mol. The Bertz CT molecular complexity index is 1400. The minimum atomic E-state index is -4.52. The highest BCUT2D eigenvalue weighted by molar-refractivity contribution is 6.36. The Morgan fingerprint density at radius 1 is 1.14 bits per heavy atom. The van der Waals surface area contributed by atoms with Crippen LogP contribution < -0.4 is 15.5 Å². The first-order valence-electron chi connectivity index (χ1n) is 10.8. The number of alkyl halides is 3. The van der Waals surface area contributed by atoms with Crippen molar-refractivity contribution in [1.82, 2.24) is 15.0 Å². The molecule has 0 bridgehead atoms. The van der Waals surface area contributed by atoms with Gasteiger partial charge in [0.15, 0.2) is 0 Å². The smallest absolute Gasteiger partial charge is 0.357 e. The summed E-state index contributed by atoms with van der Waals surface area (Å²) in [5.74, 6) is 1.38. The fourth-order valence-electron chi connectivity index (χ4n) is 4.09. The zero-order valence-electron chi connectivity index (χ0n) is 18.8. The van der Waals surface area contributed by atoms with Crippen LogP contribution in [0.3, 0.4) is 0 Å². The SMILES string of the molecule is CNc1ncc2c(n1)N1CCN=C1C(c1ccc(C(=O)Nc3cc(C(F)(F)F)ccn3)cc1C)=C2. The van der Waals surface area contributed by atoms with Gasteiger partial charge in [-0.05, 0) is 48.4 Å². The van der Waals surface area contributed by atoms with Crippen molar-refractivity contribution in [2.45, 2.75) is 13.1 Å². The van der Waals surface area contributed by atoms with Crippen molar-refractivity contribution in [2.75, 3.05) is 35.7 Å². The van der Waals surface area contributed by atoms with Crippen LogP contribution in [0.2, 0.25) is 0 Å². The zero-order chi connectivity index (χ0) is 24.7. The van der Waals surface area contributed by atoms with Gasteiger partial charge in [-0.15, -0.1) is 0 Å². The van der Waals surface area contributed by atoms with E-state index in [0.29, 0.717) is 24.6 Å². The van der Waals surface area contributed by atoms with Gasteiger partial charge in [-0.1, -0.05) is 6.07 Å². The average Bonchev–Trinajstić information content (AvgIpc) is 3.33. The lowest BCUT2D eigenvalue weighted by Crippen LogP contribution is -2.32. The third-order valence-corrected chi connectivity index (χ3v) is 5.76. The van der Waals surface area contributed by atoms with E-state index in [4.69, 9.17) is 0 Å². The molecule has 2 N–H and O–H groups in total. The number of pyridine rings is 1. The summed E-state index contributed by atoms with van der Waals surface area (Å²) < 4.78 is 38.9. The first-order chi connectivity index (χ1) is 16.7. The normalized spacial score (nSPS) is 14.6. The van der Waals surface area contributed by atoms with Crippen LogP contribution in [0.4, 0.5) is 30.8 Å². The molecule has 178 valence electrons. The molecule has 0 unspecified atom stereocenters. The molecule has 0 spiro atoms. The number of benzene rings is 1. The van der Waals surface area contributed by atoms with Gasteiger partial charge in [0.2, 0.25) is 5.95 Å². The molecule has 8 nitrogen and oxygen atoms in total. The predicted octanol–water partition coefficient (Wildman–Crippen LogP) is 4.27. The lowest BCUT2D eigenvalue weighted by atomic mass is 9.93. The lowest BCUT2D eigenvalue weighted by Gasteiger charge is -2.28. The first kappa shape index (κ1) is 22.5. The Morgan fingerprint density at radius 2 is 1.97 bits per heavy atom. The topological polar surface area (TPSA) is 95.4 Å². The summed E-state index contributed by atoms with van der Waals surface area (Å²) in [4.78, 5) is 32.1. The van der Waals surface area contributed by atoms with Crippen molar-refractivity contribution in [2.24, 2.45) is 4.99 Å². The largest absolute Gasteiger partial charge is 0.416 e.